The minimum atomic E-state index is 0.949. The number of aromatic nitrogens is 2. The van der Waals surface area contributed by atoms with E-state index < -0.39 is 0 Å². The van der Waals surface area contributed by atoms with Gasteiger partial charge in [-0.3, -0.25) is 4.68 Å². The minimum Gasteiger partial charge on any atom is -0.315 e. The molecule has 0 radical (unpaired) electrons. The Kier molecular flexibility index (Phi) is 6.19. The molecule has 0 saturated carbocycles. The summed E-state index contributed by atoms with van der Waals surface area (Å²) in [4.78, 5) is 2.21. The van der Waals surface area contributed by atoms with E-state index in [1.807, 2.05) is 10.9 Å². The molecule has 1 aromatic heterocycles. The smallest absolute Gasteiger partial charge is 0.0623 e. The summed E-state index contributed by atoms with van der Waals surface area (Å²) >= 11 is 2.27. The molecular weight excluding hydrogens is 303 g/mol. The maximum absolute atomic E-state index is 4.22. The summed E-state index contributed by atoms with van der Waals surface area (Å²) in [6.45, 7) is 4.17. The quantitative estimate of drug-likeness (QED) is 0.601. The van der Waals surface area contributed by atoms with Crippen LogP contribution in [0.4, 0.5) is 0 Å². The van der Waals surface area contributed by atoms with Crippen molar-refractivity contribution < 1.29 is 0 Å². The van der Waals surface area contributed by atoms with Crippen LogP contribution >= 0.6 is 22.6 Å². The number of hydrogen-bond acceptors (Lipinski definition) is 3. The van der Waals surface area contributed by atoms with Gasteiger partial charge in [0, 0.05) is 12.7 Å². The van der Waals surface area contributed by atoms with Crippen LogP contribution in [-0.4, -0.2) is 48.4 Å². The van der Waals surface area contributed by atoms with Gasteiger partial charge in [0.15, 0.2) is 0 Å². The van der Waals surface area contributed by atoms with Gasteiger partial charge in [-0.25, -0.2) is 0 Å². The Morgan fingerprint density at radius 3 is 2.87 bits per heavy atom. The molecule has 0 fully saturated rings. The predicted octanol–water partition coefficient (Wildman–Crippen LogP) is 1.03. The van der Waals surface area contributed by atoms with E-state index in [0.717, 1.165) is 26.2 Å². The summed E-state index contributed by atoms with van der Waals surface area (Å²) in [5.41, 5.74) is 0. The van der Waals surface area contributed by atoms with Crippen LogP contribution in [0, 0.1) is 3.57 Å². The summed E-state index contributed by atoms with van der Waals surface area (Å²) in [6.07, 6.45) is 5.14. The van der Waals surface area contributed by atoms with E-state index >= 15 is 0 Å². The second kappa shape index (κ2) is 7.19. The molecule has 4 nitrogen and oxygen atoms in total. The van der Waals surface area contributed by atoms with Gasteiger partial charge >= 0.3 is 0 Å². The molecule has 0 atom stereocenters. The molecule has 0 aliphatic carbocycles. The summed E-state index contributed by atoms with van der Waals surface area (Å²) in [7, 11) is 4.21. The van der Waals surface area contributed by atoms with Crippen molar-refractivity contribution in [1.82, 2.24) is 20.0 Å². The average molecular weight is 322 g/mol. The molecule has 15 heavy (non-hydrogen) atoms. The van der Waals surface area contributed by atoms with Crippen molar-refractivity contribution in [1.29, 1.82) is 0 Å². The third-order valence-corrected chi connectivity index (χ3v) is 2.64. The van der Waals surface area contributed by atoms with Crippen molar-refractivity contribution in [3.8, 4) is 0 Å². The molecule has 5 heteroatoms. The van der Waals surface area contributed by atoms with E-state index in [-0.39, 0.29) is 0 Å². The monoisotopic (exact) mass is 322 g/mol. The molecule has 86 valence electrons. The van der Waals surface area contributed by atoms with Gasteiger partial charge in [-0.1, -0.05) is 0 Å². The van der Waals surface area contributed by atoms with Gasteiger partial charge in [-0.15, -0.1) is 0 Å². The molecule has 0 saturated heterocycles. The van der Waals surface area contributed by atoms with Crippen molar-refractivity contribution in [3.05, 3.63) is 16.0 Å². The zero-order chi connectivity index (χ0) is 11.1. The Morgan fingerprint density at radius 2 is 2.27 bits per heavy atom. The topological polar surface area (TPSA) is 33.1 Å². The van der Waals surface area contributed by atoms with Gasteiger partial charge in [-0.05, 0) is 56.2 Å². The molecule has 0 spiro atoms. The highest BCUT2D eigenvalue weighted by atomic mass is 127. The lowest BCUT2D eigenvalue weighted by molar-refractivity contribution is 0.392. The Labute approximate surface area is 105 Å². The van der Waals surface area contributed by atoms with Crippen LogP contribution in [0.2, 0.25) is 0 Å². The molecule has 0 amide bonds. The molecule has 0 unspecified atom stereocenters. The minimum absolute atomic E-state index is 0.949. The van der Waals surface area contributed by atoms with Crippen LogP contribution < -0.4 is 5.32 Å². The van der Waals surface area contributed by atoms with Crippen LogP contribution in [0.15, 0.2) is 12.4 Å². The summed E-state index contributed by atoms with van der Waals surface area (Å²) in [5, 5.41) is 7.63. The fourth-order valence-corrected chi connectivity index (χ4v) is 1.75. The molecular formula is C10H19IN4. The number of rotatable bonds is 7. The molecule has 0 aromatic carbocycles. The highest BCUT2D eigenvalue weighted by Crippen LogP contribution is 2.00. The average Bonchev–Trinajstić information content (AvgIpc) is 2.57. The third kappa shape index (κ3) is 6.11. The first-order valence-electron chi connectivity index (χ1n) is 5.22. The van der Waals surface area contributed by atoms with Crippen LogP contribution in [0.1, 0.15) is 6.42 Å². The van der Waals surface area contributed by atoms with E-state index in [1.165, 1.54) is 9.99 Å². The van der Waals surface area contributed by atoms with Crippen LogP contribution in [0.25, 0.3) is 0 Å². The number of nitrogens with zero attached hydrogens (tertiary/aromatic N) is 3. The molecule has 1 heterocycles. The second-order valence-corrected chi connectivity index (χ2v) is 5.07. The fourth-order valence-electron chi connectivity index (χ4n) is 1.30. The lowest BCUT2D eigenvalue weighted by atomic mass is 10.4. The maximum atomic E-state index is 4.22. The normalized spacial score (nSPS) is 11.2. The highest BCUT2D eigenvalue weighted by molar-refractivity contribution is 14.1. The van der Waals surface area contributed by atoms with Crippen LogP contribution in [0.5, 0.6) is 0 Å². The number of nitrogens with one attached hydrogen (secondary N) is 1. The van der Waals surface area contributed by atoms with Gasteiger partial charge < -0.3 is 10.2 Å². The highest BCUT2D eigenvalue weighted by Gasteiger charge is 1.94. The third-order valence-electron chi connectivity index (χ3n) is 2.08. The fraction of sp³-hybridized carbons (Fsp3) is 0.700. The van der Waals surface area contributed by atoms with Crippen molar-refractivity contribution >= 4 is 22.6 Å². The SMILES string of the molecule is CN(C)CCCNCCn1cc(I)cn1. The van der Waals surface area contributed by atoms with E-state index in [0.29, 0.717) is 0 Å². The van der Waals surface area contributed by atoms with Crippen LogP contribution in [-0.2, 0) is 6.54 Å². The first-order chi connectivity index (χ1) is 7.18. The maximum Gasteiger partial charge on any atom is 0.0623 e. The molecule has 1 aromatic rings. The number of halogens is 1. The van der Waals surface area contributed by atoms with Gasteiger partial charge in [-0.2, -0.15) is 5.10 Å². The summed E-state index contributed by atoms with van der Waals surface area (Å²) in [6, 6.07) is 0. The van der Waals surface area contributed by atoms with Gasteiger partial charge in [0.1, 0.15) is 0 Å². The van der Waals surface area contributed by atoms with Crippen molar-refractivity contribution in [2.24, 2.45) is 0 Å². The molecule has 1 rings (SSSR count). The zero-order valence-electron chi connectivity index (χ0n) is 9.41. The second-order valence-electron chi connectivity index (χ2n) is 3.83. The van der Waals surface area contributed by atoms with Crippen molar-refractivity contribution in [2.45, 2.75) is 13.0 Å². The van der Waals surface area contributed by atoms with E-state index in [2.05, 4.69) is 58.2 Å². The standard InChI is InChI=1S/C10H19IN4/c1-14(2)6-3-4-12-5-7-15-9-10(11)8-13-15/h8-9,12H,3-7H2,1-2H3. The Hall–Kier alpha value is -0.140. The molecule has 0 aliphatic rings. The Bertz CT molecular complexity index is 272. The van der Waals surface area contributed by atoms with E-state index in [4.69, 9.17) is 0 Å². The number of hydrogen-bond donors (Lipinski definition) is 1. The van der Waals surface area contributed by atoms with E-state index in [1.54, 1.807) is 0 Å². The first kappa shape index (κ1) is 12.9. The molecule has 0 aliphatic heterocycles. The lowest BCUT2D eigenvalue weighted by Gasteiger charge is -2.09. The van der Waals surface area contributed by atoms with Crippen molar-refractivity contribution in [2.75, 3.05) is 33.7 Å². The lowest BCUT2D eigenvalue weighted by Crippen LogP contribution is -2.24. The zero-order valence-corrected chi connectivity index (χ0v) is 11.6. The predicted molar refractivity (Wildman–Crippen MR) is 71.0 cm³/mol. The summed E-state index contributed by atoms with van der Waals surface area (Å²) in [5.74, 6) is 0. The van der Waals surface area contributed by atoms with Crippen molar-refractivity contribution in [3.63, 3.8) is 0 Å². The first-order valence-corrected chi connectivity index (χ1v) is 6.30. The Morgan fingerprint density at radius 1 is 1.47 bits per heavy atom. The molecule has 0 bridgehead atoms. The van der Waals surface area contributed by atoms with Gasteiger partial charge in [0.05, 0.1) is 16.3 Å². The van der Waals surface area contributed by atoms with Gasteiger partial charge in [0.25, 0.3) is 0 Å². The Balaban J connectivity index is 1.98. The summed E-state index contributed by atoms with van der Waals surface area (Å²) < 4.78 is 3.17. The largest absolute Gasteiger partial charge is 0.315 e. The van der Waals surface area contributed by atoms with Gasteiger partial charge in [0.2, 0.25) is 0 Å². The van der Waals surface area contributed by atoms with E-state index in [9.17, 15) is 0 Å². The van der Waals surface area contributed by atoms with Crippen LogP contribution in [0.3, 0.4) is 0 Å². The molecule has 1 N–H and O–H groups in total.